The molecule has 1 amide bonds. The lowest BCUT2D eigenvalue weighted by Gasteiger charge is -2.43. The van der Waals surface area contributed by atoms with Gasteiger partial charge >= 0.3 is 0 Å². The van der Waals surface area contributed by atoms with Crippen molar-refractivity contribution in [3.05, 3.63) is 29.6 Å². The fourth-order valence-corrected chi connectivity index (χ4v) is 4.49. The summed E-state index contributed by atoms with van der Waals surface area (Å²) in [7, 11) is 1.81. The maximum absolute atomic E-state index is 13.2. The number of hydrogen-bond donors (Lipinski definition) is 1. The summed E-state index contributed by atoms with van der Waals surface area (Å²) in [5.74, 6) is -0.316. The molecule has 0 radical (unpaired) electrons. The summed E-state index contributed by atoms with van der Waals surface area (Å²) in [6.45, 7) is 4.07. The molecule has 0 bridgehead atoms. The van der Waals surface area contributed by atoms with Crippen LogP contribution in [0.2, 0.25) is 0 Å². The molecule has 1 aliphatic heterocycles. The van der Waals surface area contributed by atoms with Gasteiger partial charge in [-0.05, 0) is 62.9 Å². The van der Waals surface area contributed by atoms with Gasteiger partial charge in [-0.25, -0.2) is 4.39 Å². The normalized spacial score (nSPS) is 27.5. The topological polar surface area (TPSA) is 41.6 Å². The molecule has 1 N–H and O–H groups in total. The molecule has 1 aromatic carbocycles. The van der Waals surface area contributed by atoms with Crippen LogP contribution in [-0.2, 0) is 9.53 Å². The van der Waals surface area contributed by atoms with Gasteiger partial charge in [0, 0.05) is 24.8 Å². The number of methoxy groups -OCH3 is 1. The van der Waals surface area contributed by atoms with Crippen molar-refractivity contribution in [3.63, 3.8) is 0 Å². The Morgan fingerprint density at radius 1 is 1.42 bits per heavy atom. The van der Waals surface area contributed by atoms with Gasteiger partial charge < -0.3 is 10.1 Å². The number of benzene rings is 1. The van der Waals surface area contributed by atoms with Gasteiger partial charge in [-0.2, -0.15) is 0 Å². The molecule has 5 heteroatoms. The third-order valence-corrected chi connectivity index (χ3v) is 5.63. The van der Waals surface area contributed by atoms with E-state index in [-0.39, 0.29) is 17.1 Å². The molecule has 0 unspecified atom stereocenters. The van der Waals surface area contributed by atoms with Gasteiger partial charge in [0.15, 0.2) is 0 Å². The summed E-state index contributed by atoms with van der Waals surface area (Å²) in [5, 5.41) is 2.91. The molecule has 1 aromatic rings. The van der Waals surface area contributed by atoms with Crippen molar-refractivity contribution in [3.8, 4) is 0 Å². The fraction of sp³-hybridized carbons (Fsp3) is 0.632. The zero-order valence-corrected chi connectivity index (χ0v) is 14.6. The minimum absolute atomic E-state index is 0.0336. The molecule has 24 heavy (non-hydrogen) atoms. The second-order valence-corrected chi connectivity index (χ2v) is 7.30. The SMILES string of the molecule is CO[C@@H]1CCC[C@]12CCCN(CC(=O)Nc1ccc(F)cc1C)C2. The van der Waals surface area contributed by atoms with E-state index in [2.05, 4.69) is 10.2 Å². The molecule has 4 nitrogen and oxygen atoms in total. The number of nitrogens with zero attached hydrogens (tertiary/aromatic N) is 1. The van der Waals surface area contributed by atoms with E-state index in [4.69, 9.17) is 4.74 Å². The van der Waals surface area contributed by atoms with E-state index in [1.54, 1.807) is 20.1 Å². The number of likely N-dealkylation sites (tertiary alicyclic amines) is 1. The third-order valence-electron chi connectivity index (χ3n) is 5.63. The summed E-state index contributed by atoms with van der Waals surface area (Å²) < 4.78 is 18.9. The smallest absolute Gasteiger partial charge is 0.238 e. The maximum atomic E-state index is 13.2. The number of amides is 1. The van der Waals surface area contributed by atoms with Crippen molar-refractivity contribution >= 4 is 11.6 Å². The average molecular weight is 334 g/mol. The molecule has 1 spiro atoms. The van der Waals surface area contributed by atoms with Crippen LogP contribution in [0, 0.1) is 18.2 Å². The Morgan fingerprint density at radius 2 is 2.21 bits per heavy atom. The Hall–Kier alpha value is -1.46. The van der Waals surface area contributed by atoms with Crippen molar-refractivity contribution in [2.45, 2.75) is 45.1 Å². The van der Waals surface area contributed by atoms with Gasteiger partial charge in [0.25, 0.3) is 0 Å². The van der Waals surface area contributed by atoms with Crippen LogP contribution in [0.1, 0.15) is 37.7 Å². The number of carbonyl (C=O) groups is 1. The lowest BCUT2D eigenvalue weighted by molar-refractivity contribution is -0.119. The van der Waals surface area contributed by atoms with E-state index in [9.17, 15) is 9.18 Å². The second kappa shape index (κ2) is 7.19. The molecule has 3 rings (SSSR count). The van der Waals surface area contributed by atoms with Crippen LogP contribution >= 0.6 is 0 Å². The van der Waals surface area contributed by atoms with Crippen LogP contribution in [0.15, 0.2) is 18.2 Å². The lowest BCUT2D eigenvalue weighted by atomic mass is 9.76. The monoisotopic (exact) mass is 334 g/mol. The Labute approximate surface area is 143 Å². The van der Waals surface area contributed by atoms with Gasteiger partial charge in [-0.3, -0.25) is 9.69 Å². The predicted octanol–water partition coefficient (Wildman–Crippen LogP) is 3.35. The number of nitrogens with one attached hydrogen (secondary N) is 1. The number of ether oxygens (including phenoxy) is 1. The molecule has 2 atom stereocenters. The van der Waals surface area contributed by atoms with Crippen LogP contribution in [-0.4, -0.2) is 43.7 Å². The number of piperidine rings is 1. The highest BCUT2D eigenvalue weighted by Gasteiger charge is 2.45. The van der Waals surface area contributed by atoms with Gasteiger partial charge in [-0.15, -0.1) is 0 Å². The van der Waals surface area contributed by atoms with E-state index in [0.717, 1.165) is 31.5 Å². The number of aryl methyl sites for hydroxylation is 1. The number of carbonyl (C=O) groups excluding carboxylic acids is 1. The third kappa shape index (κ3) is 3.62. The number of hydrogen-bond acceptors (Lipinski definition) is 3. The first-order valence-corrected chi connectivity index (χ1v) is 8.83. The van der Waals surface area contributed by atoms with Crippen molar-refractivity contribution in [1.29, 1.82) is 0 Å². The number of halogens is 1. The predicted molar refractivity (Wildman–Crippen MR) is 92.5 cm³/mol. The van der Waals surface area contributed by atoms with E-state index in [1.807, 2.05) is 0 Å². The first-order valence-electron chi connectivity index (χ1n) is 8.83. The Morgan fingerprint density at radius 3 is 2.96 bits per heavy atom. The van der Waals surface area contributed by atoms with Gasteiger partial charge in [0.2, 0.25) is 5.91 Å². The van der Waals surface area contributed by atoms with E-state index in [1.165, 1.54) is 31.4 Å². The van der Waals surface area contributed by atoms with Crippen LogP contribution < -0.4 is 5.32 Å². The minimum atomic E-state index is -0.282. The highest BCUT2D eigenvalue weighted by molar-refractivity contribution is 5.92. The first kappa shape index (κ1) is 17.4. The largest absolute Gasteiger partial charge is 0.381 e. The average Bonchev–Trinajstić information content (AvgIpc) is 2.92. The molecule has 1 saturated carbocycles. The summed E-state index contributed by atoms with van der Waals surface area (Å²) in [6, 6.07) is 4.44. The molecule has 1 aliphatic carbocycles. The lowest BCUT2D eigenvalue weighted by Crippen LogP contribution is -2.49. The summed E-state index contributed by atoms with van der Waals surface area (Å²) in [4.78, 5) is 14.6. The van der Waals surface area contributed by atoms with Crippen molar-refractivity contribution in [2.75, 3.05) is 32.1 Å². The first-order chi connectivity index (χ1) is 11.5. The zero-order chi connectivity index (χ0) is 17.2. The fourth-order valence-electron chi connectivity index (χ4n) is 4.49. The van der Waals surface area contributed by atoms with E-state index < -0.39 is 0 Å². The zero-order valence-electron chi connectivity index (χ0n) is 14.6. The van der Waals surface area contributed by atoms with Crippen LogP contribution in [0.3, 0.4) is 0 Å². The van der Waals surface area contributed by atoms with Crippen molar-refractivity contribution in [2.24, 2.45) is 5.41 Å². The van der Waals surface area contributed by atoms with Gasteiger partial charge in [-0.1, -0.05) is 6.42 Å². The van der Waals surface area contributed by atoms with Crippen LogP contribution in [0.4, 0.5) is 10.1 Å². The Kier molecular flexibility index (Phi) is 5.21. The number of anilines is 1. The van der Waals surface area contributed by atoms with Crippen LogP contribution in [0.25, 0.3) is 0 Å². The highest BCUT2D eigenvalue weighted by Crippen LogP contribution is 2.46. The summed E-state index contributed by atoms with van der Waals surface area (Å²) in [6.07, 6.45) is 6.17. The standard InChI is InChI=1S/C19H27FN2O2/c1-14-11-15(20)6-7-16(14)21-18(23)12-22-10-4-9-19(13-22)8-3-5-17(19)24-2/h6-7,11,17H,3-5,8-10,12-13H2,1-2H3,(H,21,23)/t17-,19-/m1/s1. The highest BCUT2D eigenvalue weighted by atomic mass is 19.1. The molecule has 1 heterocycles. The van der Waals surface area contributed by atoms with E-state index >= 15 is 0 Å². The van der Waals surface area contributed by atoms with Gasteiger partial charge in [0.05, 0.1) is 12.6 Å². The van der Waals surface area contributed by atoms with Crippen molar-refractivity contribution < 1.29 is 13.9 Å². The molecule has 2 fully saturated rings. The molecular formula is C19H27FN2O2. The maximum Gasteiger partial charge on any atom is 0.238 e. The van der Waals surface area contributed by atoms with Crippen LogP contribution in [0.5, 0.6) is 0 Å². The number of rotatable bonds is 4. The summed E-state index contributed by atoms with van der Waals surface area (Å²) >= 11 is 0. The quantitative estimate of drug-likeness (QED) is 0.918. The molecular weight excluding hydrogens is 307 g/mol. The minimum Gasteiger partial charge on any atom is -0.381 e. The van der Waals surface area contributed by atoms with E-state index in [0.29, 0.717) is 18.3 Å². The van der Waals surface area contributed by atoms with Crippen molar-refractivity contribution in [1.82, 2.24) is 4.90 Å². The van der Waals surface area contributed by atoms with Gasteiger partial charge in [0.1, 0.15) is 5.82 Å². The Bertz CT molecular complexity index is 607. The molecule has 1 saturated heterocycles. The Balaban J connectivity index is 1.60. The molecule has 2 aliphatic rings. The summed E-state index contributed by atoms with van der Waals surface area (Å²) in [5.41, 5.74) is 1.65. The second-order valence-electron chi connectivity index (χ2n) is 7.30. The molecule has 132 valence electrons. The molecule has 0 aromatic heterocycles.